The van der Waals surface area contributed by atoms with Gasteiger partial charge in [-0.25, -0.2) is 0 Å². The van der Waals surface area contributed by atoms with Gasteiger partial charge in [0, 0.05) is 17.5 Å². The number of aromatic hydroxyl groups is 1. The molecule has 3 N–H and O–H groups in total. The highest BCUT2D eigenvalue weighted by atomic mass is 32.2. The summed E-state index contributed by atoms with van der Waals surface area (Å²) >= 11 is 0. The molecule has 0 unspecified atom stereocenters. The Kier molecular flexibility index (Phi) is 5.25. The minimum Gasteiger partial charge on any atom is -0.504 e. The minimum absolute atomic E-state index is 0.00330. The maximum atomic E-state index is 11.6. The van der Waals surface area contributed by atoms with Crippen LogP contribution >= 0.6 is 0 Å². The second-order valence-corrected chi connectivity index (χ2v) is 8.69. The summed E-state index contributed by atoms with van der Waals surface area (Å²) in [4.78, 5) is 8.65. The van der Waals surface area contributed by atoms with Crippen LogP contribution in [0.2, 0.25) is 0 Å². The van der Waals surface area contributed by atoms with Gasteiger partial charge in [-0.05, 0) is 29.7 Å². The van der Waals surface area contributed by atoms with E-state index in [1.165, 1.54) is 18.2 Å². The molecular weight excluding hydrogens is 442 g/mol. The molecule has 156 valence electrons. The van der Waals surface area contributed by atoms with E-state index in [0.29, 0.717) is 0 Å². The van der Waals surface area contributed by atoms with E-state index in [-0.39, 0.29) is 22.1 Å². The molecule has 0 heterocycles. The Bertz CT molecular complexity index is 1430. The Hall–Kier alpha value is -3.46. The molecule has 12 nitrogen and oxygen atoms in total. The van der Waals surface area contributed by atoms with Crippen LogP contribution in [0.4, 0.5) is 17.1 Å². The first-order chi connectivity index (χ1) is 13.9. The molecule has 0 saturated carbocycles. The normalized spacial score (nSPS) is 12.5. The number of azo groups is 1. The Morgan fingerprint density at radius 3 is 2.20 bits per heavy atom. The van der Waals surface area contributed by atoms with Crippen LogP contribution in [0.3, 0.4) is 0 Å². The molecule has 3 aromatic carbocycles. The number of nitrogens with zero attached hydrogens (tertiary/aromatic N) is 3. The first-order valence-electron chi connectivity index (χ1n) is 7.79. The van der Waals surface area contributed by atoms with Gasteiger partial charge in [0.1, 0.15) is 10.6 Å². The summed E-state index contributed by atoms with van der Waals surface area (Å²) in [7, 11) is -9.58. The van der Waals surface area contributed by atoms with Gasteiger partial charge in [0.15, 0.2) is 5.75 Å². The molecule has 0 radical (unpaired) electrons. The molecule has 3 aromatic rings. The van der Waals surface area contributed by atoms with Gasteiger partial charge in [0.2, 0.25) is 0 Å². The van der Waals surface area contributed by atoms with Crippen molar-refractivity contribution in [3.8, 4) is 5.75 Å². The predicted octanol–water partition coefficient (Wildman–Crippen LogP) is 3.36. The van der Waals surface area contributed by atoms with Crippen LogP contribution in [-0.4, -0.2) is 36.0 Å². The molecule has 0 spiro atoms. The van der Waals surface area contributed by atoms with Crippen LogP contribution in [-0.2, 0) is 20.2 Å². The quantitative estimate of drug-likeness (QED) is 0.224. The minimum atomic E-state index is -4.95. The Balaban J connectivity index is 2.28. The van der Waals surface area contributed by atoms with E-state index in [1.807, 2.05) is 0 Å². The lowest BCUT2D eigenvalue weighted by Gasteiger charge is -2.09. The summed E-state index contributed by atoms with van der Waals surface area (Å²) < 4.78 is 64.5. The second-order valence-electron chi connectivity index (χ2n) is 5.88. The number of hydrogen-bond acceptors (Lipinski definition) is 9. The van der Waals surface area contributed by atoms with Crippen molar-refractivity contribution in [2.45, 2.75) is 9.79 Å². The second kappa shape index (κ2) is 7.42. The van der Waals surface area contributed by atoms with Gasteiger partial charge >= 0.3 is 0 Å². The van der Waals surface area contributed by atoms with Crippen molar-refractivity contribution in [3.63, 3.8) is 0 Å². The lowest BCUT2D eigenvalue weighted by atomic mass is 10.1. The molecule has 3 rings (SSSR count). The Labute approximate surface area is 168 Å². The molecule has 0 saturated heterocycles. The van der Waals surface area contributed by atoms with Gasteiger partial charge in [-0.2, -0.15) is 21.9 Å². The third-order valence-electron chi connectivity index (χ3n) is 3.90. The highest BCUT2D eigenvalue weighted by Crippen LogP contribution is 2.42. The van der Waals surface area contributed by atoms with Gasteiger partial charge < -0.3 is 5.11 Å². The summed E-state index contributed by atoms with van der Waals surface area (Å²) in [6, 6.07) is 8.79. The summed E-state index contributed by atoms with van der Waals surface area (Å²) in [6.45, 7) is 0. The summed E-state index contributed by atoms with van der Waals surface area (Å²) in [5, 5.41) is 28.6. The Morgan fingerprint density at radius 1 is 0.900 bits per heavy atom. The Morgan fingerprint density at radius 2 is 1.60 bits per heavy atom. The molecule has 0 bridgehead atoms. The first-order valence-corrected chi connectivity index (χ1v) is 10.7. The van der Waals surface area contributed by atoms with Gasteiger partial charge in [0.05, 0.1) is 15.5 Å². The standard InChI is InChI=1S/C16H11N3O9S2/c20-16-14(30(26,27)28)7-9-6-12(29(23,24)25)4-5-13(9)15(16)18-17-10-2-1-3-11(8-10)19(21)22/h1-8,20H,(H,23,24,25)(H,26,27,28)/b18-17+. The summed E-state index contributed by atoms with van der Waals surface area (Å²) in [5.74, 6) is -0.973. The van der Waals surface area contributed by atoms with Gasteiger partial charge in [-0.1, -0.05) is 12.1 Å². The molecule has 0 atom stereocenters. The van der Waals surface area contributed by atoms with E-state index in [1.54, 1.807) is 0 Å². The smallest absolute Gasteiger partial charge is 0.298 e. The van der Waals surface area contributed by atoms with Crippen molar-refractivity contribution in [1.82, 2.24) is 0 Å². The maximum absolute atomic E-state index is 11.6. The average Bonchev–Trinajstić information content (AvgIpc) is 2.65. The van der Waals surface area contributed by atoms with Crippen LogP contribution in [0.15, 0.2) is 68.6 Å². The largest absolute Gasteiger partial charge is 0.504 e. The van der Waals surface area contributed by atoms with E-state index in [2.05, 4.69) is 10.2 Å². The zero-order valence-corrected chi connectivity index (χ0v) is 16.2. The fraction of sp³-hybridized carbons (Fsp3) is 0. The van der Waals surface area contributed by atoms with Crippen molar-refractivity contribution < 1.29 is 36.0 Å². The summed E-state index contributed by atoms with van der Waals surface area (Å²) in [5.41, 5.74) is -0.734. The highest BCUT2D eigenvalue weighted by molar-refractivity contribution is 7.86. The molecule has 0 aliphatic heterocycles. The SMILES string of the molecule is O=[N+]([O-])c1cccc(/N=N/c2c(O)c(S(=O)(=O)O)cc3cc(S(=O)(=O)O)ccc23)c1. The van der Waals surface area contributed by atoms with Crippen molar-refractivity contribution in [1.29, 1.82) is 0 Å². The van der Waals surface area contributed by atoms with Crippen LogP contribution in [0.25, 0.3) is 10.8 Å². The monoisotopic (exact) mass is 453 g/mol. The number of hydrogen-bond donors (Lipinski definition) is 3. The number of fused-ring (bicyclic) bond motifs is 1. The van der Waals surface area contributed by atoms with Gasteiger partial charge in [-0.15, -0.1) is 5.11 Å². The fourth-order valence-corrected chi connectivity index (χ4v) is 3.70. The van der Waals surface area contributed by atoms with Crippen molar-refractivity contribution >= 4 is 48.1 Å². The molecule has 0 aliphatic carbocycles. The van der Waals surface area contributed by atoms with E-state index in [0.717, 1.165) is 30.3 Å². The topological polar surface area (TPSA) is 197 Å². The fourth-order valence-electron chi connectivity index (χ4n) is 2.56. The van der Waals surface area contributed by atoms with Crippen molar-refractivity contribution in [2.75, 3.05) is 0 Å². The molecule has 0 fully saturated rings. The van der Waals surface area contributed by atoms with E-state index in [9.17, 15) is 41.2 Å². The average molecular weight is 453 g/mol. The third-order valence-corrected chi connectivity index (χ3v) is 5.62. The molecule has 30 heavy (non-hydrogen) atoms. The number of phenolic OH excluding ortho intramolecular Hbond substituents is 1. The summed E-state index contributed by atoms with van der Waals surface area (Å²) in [6.07, 6.45) is 0. The number of rotatable bonds is 5. The molecule has 14 heteroatoms. The molecule has 0 amide bonds. The highest BCUT2D eigenvalue weighted by Gasteiger charge is 2.23. The van der Waals surface area contributed by atoms with Crippen molar-refractivity contribution in [2.24, 2.45) is 10.2 Å². The maximum Gasteiger partial charge on any atom is 0.298 e. The van der Waals surface area contributed by atoms with Crippen LogP contribution < -0.4 is 0 Å². The number of non-ortho nitro benzene ring substituents is 1. The van der Waals surface area contributed by atoms with Crippen LogP contribution in [0, 0.1) is 10.1 Å². The molecule has 0 aromatic heterocycles. The van der Waals surface area contributed by atoms with E-state index >= 15 is 0 Å². The van der Waals surface area contributed by atoms with Gasteiger partial charge in [0.25, 0.3) is 25.9 Å². The third kappa shape index (κ3) is 4.25. The van der Waals surface area contributed by atoms with E-state index in [4.69, 9.17) is 0 Å². The number of phenols is 1. The van der Waals surface area contributed by atoms with Crippen LogP contribution in [0.5, 0.6) is 5.75 Å². The van der Waals surface area contributed by atoms with Crippen LogP contribution in [0.1, 0.15) is 0 Å². The number of benzene rings is 3. The zero-order valence-electron chi connectivity index (χ0n) is 14.6. The predicted molar refractivity (Wildman–Crippen MR) is 103 cm³/mol. The molecular formula is C16H11N3O9S2. The van der Waals surface area contributed by atoms with Crippen molar-refractivity contribution in [3.05, 3.63) is 58.6 Å². The van der Waals surface area contributed by atoms with Gasteiger partial charge in [-0.3, -0.25) is 19.2 Å². The number of nitro benzene ring substituents is 1. The lowest BCUT2D eigenvalue weighted by Crippen LogP contribution is -2.00. The lowest BCUT2D eigenvalue weighted by molar-refractivity contribution is -0.384. The molecule has 0 aliphatic rings. The zero-order chi connectivity index (χ0) is 22.3. The van der Waals surface area contributed by atoms with E-state index < -0.39 is 46.4 Å². The number of nitro groups is 1. The first kappa shape index (κ1) is 21.3.